The number of aromatic amines is 1. The molecule has 2 aliphatic heterocycles. The molecule has 3 aromatic rings. The van der Waals surface area contributed by atoms with Crippen molar-refractivity contribution in [3.05, 3.63) is 71.1 Å². The Kier molecular flexibility index (Phi) is 3.30. The van der Waals surface area contributed by atoms with Crippen molar-refractivity contribution in [3.63, 3.8) is 0 Å². The molecule has 0 spiro atoms. The first kappa shape index (κ1) is 15.3. The Morgan fingerprint density at radius 1 is 1.11 bits per heavy atom. The normalized spacial score (nSPS) is 17.2. The minimum atomic E-state index is -0.429. The summed E-state index contributed by atoms with van der Waals surface area (Å²) in [6.07, 6.45) is 0. The Morgan fingerprint density at radius 2 is 1.93 bits per heavy atom. The van der Waals surface area contributed by atoms with Crippen LogP contribution in [0.15, 0.2) is 60.0 Å². The number of aromatic nitrogens is 2. The smallest absolute Gasteiger partial charge is 0.244 e. The van der Waals surface area contributed by atoms with E-state index in [0.29, 0.717) is 23.0 Å². The first-order valence-electron chi connectivity index (χ1n) is 8.37. The van der Waals surface area contributed by atoms with Crippen LogP contribution in [0.25, 0.3) is 11.3 Å². The number of allylic oxidation sites excluding steroid dienone is 1. The molecule has 0 aliphatic carbocycles. The van der Waals surface area contributed by atoms with Crippen LogP contribution in [-0.2, 0) is 0 Å². The van der Waals surface area contributed by atoms with Gasteiger partial charge in [-0.1, -0.05) is 36.4 Å². The van der Waals surface area contributed by atoms with E-state index in [1.807, 2.05) is 48.5 Å². The summed E-state index contributed by atoms with van der Waals surface area (Å²) in [5, 5.41) is 17.1. The molecule has 7 heteroatoms. The Morgan fingerprint density at radius 3 is 2.74 bits per heavy atom. The topological polar surface area (TPSA) is 106 Å². The summed E-state index contributed by atoms with van der Waals surface area (Å²) in [4.78, 5) is 0. The van der Waals surface area contributed by atoms with Crippen LogP contribution in [0, 0.1) is 11.3 Å². The molecule has 0 saturated heterocycles. The van der Waals surface area contributed by atoms with Crippen molar-refractivity contribution < 1.29 is 14.2 Å². The standard InChI is InChI=1S/C20H14N4O3/c21-9-13-16(12-6-7-14-15(8-12)26-10-25-14)17-18(11-4-2-1-3-5-11)23-24-20(17)27-19(13)22/h1-8,16H,10,22H2,(H,23,24). The first-order chi connectivity index (χ1) is 13.3. The number of benzene rings is 2. The first-order valence-corrected chi connectivity index (χ1v) is 8.37. The van der Waals surface area contributed by atoms with E-state index in [2.05, 4.69) is 16.3 Å². The number of nitrogens with two attached hydrogens (primary N) is 1. The maximum atomic E-state index is 9.76. The lowest BCUT2D eigenvalue weighted by Gasteiger charge is -2.24. The summed E-state index contributed by atoms with van der Waals surface area (Å²) >= 11 is 0. The number of rotatable bonds is 2. The van der Waals surface area contributed by atoms with Crippen LogP contribution in [0.4, 0.5) is 0 Å². The lowest BCUT2D eigenvalue weighted by molar-refractivity contribution is 0.174. The average Bonchev–Trinajstić information content (AvgIpc) is 3.33. The predicted molar refractivity (Wildman–Crippen MR) is 95.9 cm³/mol. The van der Waals surface area contributed by atoms with Crippen LogP contribution in [0.2, 0.25) is 0 Å². The average molecular weight is 358 g/mol. The molecule has 0 fully saturated rings. The molecule has 0 bridgehead atoms. The third-order valence-electron chi connectivity index (χ3n) is 4.73. The van der Waals surface area contributed by atoms with Gasteiger partial charge in [0, 0.05) is 0 Å². The van der Waals surface area contributed by atoms with E-state index in [1.54, 1.807) is 0 Å². The zero-order valence-electron chi connectivity index (χ0n) is 14.1. The van der Waals surface area contributed by atoms with Crippen LogP contribution >= 0.6 is 0 Å². The summed E-state index contributed by atoms with van der Waals surface area (Å²) in [5.74, 6) is 1.31. The van der Waals surface area contributed by atoms with Gasteiger partial charge < -0.3 is 19.9 Å². The van der Waals surface area contributed by atoms with E-state index in [9.17, 15) is 5.26 Å². The summed E-state index contributed by atoms with van der Waals surface area (Å²) in [5.41, 5.74) is 9.70. The number of nitrogens with one attached hydrogen (secondary N) is 1. The highest BCUT2D eigenvalue weighted by Crippen LogP contribution is 2.47. The van der Waals surface area contributed by atoms with Gasteiger partial charge in [0.05, 0.1) is 17.2 Å². The molecule has 1 unspecified atom stereocenters. The third kappa shape index (κ3) is 2.31. The van der Waals surface area contributed by atoms with Crippen molar-refractivity contribution >= 4 is 0 Å². The lowest BCUT2D eigenvalue weighted by Crippen LogP contribution is -2.21. The molecule has 3 N–H and O–H groups in total. The van der Waals surface area contributed by atoms with Gasteiger partial charge in [0.25, 0.3) is 0 Å². The van der Waals surface area contributed by atoms with E-state index < -0.39 is 5.92 Å². The molecule has 0 saturated carbocycles. The van der Waals surface area contributed by atoms with Crippen molar-refractivity contribution in [1.29, 1.82) is 5.26 Å². The maximum Gasteiger partial charge on any atom is 0.244 e. The largest absolute Gasteiger partial charge is 0.454 e. The van der Waals surface area contributed by atoms with E-state index in [1.165, 1.54) is 0 Å². The van der Waals surface area contributed by atoms with Gasteiger partial charge in [-0.3, -0.25) is 5.10 Å². The Labute approximate surface area is 154 Å². The van der Waals surface area contributed by atoms with Gasteiger partial charge >= 0.3 is 0 Å². The molecular formula is C20H14N4O3. The second kappa shape index (κ2) is 5.81. The Hall–Kier alpha value is -3.92. The summed E-state index contributed by atoms with van der Waals surface area (Å²) in [6, 6.07) is 17.6. The van der Waals surface area contributed by atoms with E-state index >= 15 is 0 Å². The number of nitrogens with zero attached hydrogens (tertiary/aromatic N) is 2. The van der Waals surface area contributed by atoms with Crippen LogP contribution in [0.3, 0.4) is 0 Å². The number of H-pyrrole nitrogens is 1. The maximum absolute atomic E-state index is 9.76. The molecule has 5 rings (SSSR count). The fraction of sp³-hybridized carbons (Fsp3) is 0.100. The second-order valence-electron chi connectivity index (χ2n) is 6.22. The van der Waals surface area contributed by atoms with Crippen LogP contribution in [0.5, 0.6) is 17.4 Å². The summed E-state index contributed by atoms with van der Waals surface area (Å²) < 4.78 is 16.5. The minimum absolute atomic E-state index is 0.0544. The predicted octanol–water partition coefficient (Wildman–Crippen LogP) is 3.02. The number of hydrogen-bond acceptors (Lipinski definition) is 6. The van der Waals surface area contributed by atoms with Crippen molar-refractivity contribution in [2.45, 2.75) is 5.92 Å². The fourth-order valence-corrected chi connectivity index (χ4v) is 3.50. The van der Waals surface area contributed by atoms with Crippen molar-refractivity contribution in [3.8, 4) is 34.7 Å². The molecule has 7 nitrogen and oxygen atoms in total. The lowest BCUT2D eigenvalue weighted by atomic mass is 9.83. The molecule has 2 aromatic carbocycles. The SMILES string of the molecule is N#CC1=C(N)Oc2n[nH]c(-c3ccccc3)c2C1c1ccc2c(c1)OCO2. The minimum Gasteiger partial charge on any atom is -0.454 e. The van der Waals surface area contributed by atoms with Crippen LogP contribution < -0.4 is 19.9 Å². The van der Waals surface area contributed by atoms with Gasteiger partial charge in [0.2, 0.25) is 18.6 Å². The Balaban J connectivity index is 1.73. The fourth-order valence-electron chi connectivity index (χ4n) is 3.50. The van der Waals surface area contributed by atoms with Crippen molar-refractivity contribution in [1.82, 2.24) is 10.2 Å². The summed E-state index contributed by atoms with van der Waals surface area (Å²) in [6.45, 7) is 0.182. The van der Waals surface area contributed by atoms with Gasteiger partial charge in [-0.25, -0.2) is 0 Å². The highest BCUT2D eigenvalue weighted by atomic mass is 16.7. The van der Waals surface area contributed by atoms with Crippen LogP contribution in [0.1, 0.15) is 17.0 Å². The molecule has 0 radical (unpaired) electrons. The van der Waals surface area contributed by atoms with E-state index in [4.69, 9.17) is 19.9 Å². The Bertz CT molecular complexity index is 1110. The highest BCUT2D eigenvalue weighted by Gasteiger charge is 2.36. The zero-order chi connectivity index (χ0) is 18.4. The van der Waals surface area contributed by atoms with Crippen LogP contribution in [-0.4, -0.2) is 17.0 Å². The number of nitriles is 1. The summed E-state index contributed by atoms with van der Waals surface area (Å²) in [7, 11) is 0. The molecule has 0 amide bonds. The van der Waals surface area contributed by atoms with Crippen molar-refractivity contribution in [2.24, 2.45) is 5.73 Å². The number of fused-ring (bicyclic) bond motifs is 2. The highest BCUT2D eigenvalue weighted by molar-refractivity contribution is 5.71. The molecule has 1 aromatic heterocycles. The van der Waals surface area contributed by atoms with Gasteiger partial charge in [0.1, 0.15) is 11.6 Å². The molecule has 27 heavy (non-hydrogen) atoms. The monoisotopic (exact) mass is 358 g/mol. The number of hydrogen-bond donors (Lipinski definition) is 2. The molecular weight excluding hydrogens is 344 g/mol. The third-order valence-corrected chi connectivity index (χ3v) is 4.73. The van der Waals surface area contributed by atoms with Gasteiger partial charge in [-0.15, -0.1) is 5.10 Å². The quantitative estimate of drug-likeness (QED) is 0.729. The molecule has 3 heterocycles. The molecule has 1 atom stereocenters. The molecule has 2 aliphatic rings. The zero-order valence-corrected chi connectivity index (χ0v) is 14.1. The van der Waals surface area contributed by atoms with Crippen molar-refractivity contribution in [2.75, 3.05) is 6.79 Å². The van der Waals surface area contributed by atoms with Gasteiger partial charge in [0.15, 0.2) is 11.5 Å². The van der Waals surface area contributed by atoms with E-state index in [-0.39, 0.29) is 12.7 Å². The van der Waals surface area contributed by atoms with Gasteiger partial charge in [-0.2, -0.15) is 5.26 Å². The van der Waals surface area contributed by atoms with Gasteiger partial charge in [-0.05, 0) is 23.3 Å². The second-order valence-corrected chi connectivity index (χ2v) is 6.22. The van der Waals surface area contributed by atoms with E-state index in [0.717, 1.165) is 22.4 Å². The number of ether oxygens (including phenoxy) is 3. The molecule has 132 valence electrons.